The number of methoxy groups -OCH3 is 1. The molecule has 0 aliphatic carbocycles. The van der Waals surface area contributed by atoms with E-state index in [2.05, 4.69) is 47.7 Å². The molecule has 5 nitrogen and oxygen atoms in total. The normalized spacial score (nSPS) is 10.8. The van der Waals surface area contributed by atoms with Crippen LogP contribution in [0.5, 0.6) is 11.5 Å². The van der Waals surface area contributed by atoms with Crippen LogP contribution in [0.2, 0.25) is 0 Å². The minimum Gasteiger partial charge on any atom is -0.493 e. The third-order valence-corrected chi connectivity index (χ3v) is 4.69. The van der Waals surface area contributed by atoms with E-state index in [1.807, 2.05) is 26.0 Å². The maximum atomic E-state index is 5.93. The zero-order chi connectivity index (χ0) is 19.2. The van der Waals surface area contributed by atoms with Crippen LogP contribution in [0, 0.1) is 20.8 Å². The molecule has 0 unspecified atom stereocenters. The van der Waals surface area contributed by atoms with Gasteiger partial charge in [0.2, 0.25) is 0 Å². The predicted molar refractivity (Wildman–Crippen MR) is 105 cm³/mol. The molecule has 0 spiro atoms. The Morgan fingerprint density at radius 3 is 2.52 bits per heavy atom. The number of hydrogen-bond donors (Lipinski definition) is 1. The first-order valence-corrected chi connectivity index (χ1v) is 9.05. The zero-order valence-electron chi connectivity index (χ0n) is 16.3. The lowest BCUT2D eigenvalue weighted by Crippen LogP contribution is -2.13. The highest BCUT2D eigenvalue weighted by Crippen LogP contribution is 2.29. The van der Waals surface area contributed by atoms with Crippen LogP contribution in [0.25, 0.3) is 0 Å². The van der Waals surface area contributed by atoms with Gasteiger partial charge in [-0.3, -0.25) is 0 Å². The van der Waals surface area contributed by atoms with Gasteiger partial charge in [-0.25, -0.2) is 0 Å². The number of nitrogens with zero attached hydrogens (tertiary/aromatic N) is 1. The van der Waals surface area contributed by atoms with Gasteiger partial charge in [-0.05, 0) is 49.6 Å². The van der Waals surface area contributed by atoms with Gasteiger partial charge < -0.3 is 19.3 Å². The lowest BCUT2D eigenvalue weighted by atomic mass is 10.1. The second kappa shape index (κ2) is 8.73. The number of benzene rings is 2. The molecule has 0 aliphatic rings. The molecule has 5 heteroatoms. The summed E-state index contributed by atoms with van der Waals surface area (Å²) < 4.78 is 16.6. The third-order valence-electron chi connectivity index (χ3n) is 4.69. The molecule has 3 rings (SSSR count). The van der Waals surface area contributed by atoms with Crippen molar-refractivity contribution in [1.29, 1.82) is 0 Å². The van der Waals surface area contributed by atoms with Gasteiger partial charge in [0.15, 0.2) is 11.5 Å². The average Bonchev–Trinajstić information content (AvgIpc) is 3.00. The summed E-state index contributed by atoms with van der Waals surface area (Å²) in [6.07, 6.45) is 0. The largest absolute Gasteiger partial charge is 0.493 e. The summed E-state index contributed by atoms with van der Waals surface area (Å²) in [5.41, 5.74) is 5.57. The summed E-state index contributed by atoms with van der Waals surface area (Å²) in [4.78, 5) is 0. The highest BCUT2D eigenvalue weighted by Gasteiger charge is 2.12. The lowest BCUT2D eigenvalue weighted by molar-refractivity contribution is 0.281. The molecule has 2 aromatic carbocycles. The molecule has 1 aromatic heterocycles. The Bertz CT molecular complexity index is 883. The highest BCUT2D eigenvalue weighted by molar-refractivity contribution is 5.43. The summed E-state index contributed by atoms with van der Waals surface area (Å²) in [6.45, 7) is 7.93. The third kappa shape index (κ3) is 4.68. The standard InChI is InChI=1S/C22H26N2O3/c1-15-7-5-6-8-19(15)13-23-12-18-9-10-21(22(11-18)25-4)26-14-20-16(2)24-27-17(20)3/h5-11,23H,12-14H2,1-4H3. The van der Waals surface area contributed by atoms with Crippen LogP contribution < -0.4 is 14.8 Å². The first-order chi connectivity index (χ1) is 13.1. The Morgan fingerprint density at radius 2 is 1.81 bits per heavy atom. The van der Waals surface area contributed by atoms with Crippen molar-refractivity contribution in [2.75, 3.05) is 7.11 Å². The molecule has 142 valence electrons. The highest BCUT2D eigenvalue weighted by atomic mass is 16.5. The van der Waals surface area contributed by atoms with Crippen LogP contribution in [-0.4, -0.2) is 12.3 Å². The first-order valence-electron chi connectivity index (χ1n) is 9.05. The van der Waals surface area contributed by atoms with E-state index in [0.717, 1.165) is 41.4 Å². The molecule has 1 N–H and O–H groups in total. The summed E-state index contributed by atoms with van der Waals surface area (Å²) in [6, 6.07) is 14.4. The van der Waals surface area contributed by atoms with E-state index in [9.17, 15) is 0 Å². The van der Waals surface area contributed by atoms with Gasteiger partial charge >= 0.3 is 0 Å². The summed E-state index contributed by atoms with van der Waals surface area (Å²) >= 11 is 0. The summed E-state index contributed by atoms with van der Waals surface area (Å²) in [7, 11) is 1.66. The molecule has 0 saturated heterocycles. The maximum Gasteiger partial charge on any atom is 0.161 e. The summed E-state index contributed by atoms with van der Waals surface area (Å²) in [5.74, 6) is 2.21. The molecule has 0 saturated carbocycles. The second-order valence-corrected chi connectivity index (χ2v) is 6.61. The lowest BCUT2D eigenvalue weighted by Gasteiger charge is -2.13. The van der Waals surface area contributed by atoms with Crippen molar-refractivity contribution in [2.24, 2.45) is 0 Å². The zero-order valence-corrected chi connectivity index (χ0v) is 16.3. The monoisotopic (exact) mass is 366 g/mol. The quantitative estimate of drug-likeness (QED) is 0.637. The van der Waals surface area contributed by atoms with Gasteiger partial charge in [-0.15, -0.1) is 0 Å². The van der Waals surface area contributed by atoms with Gasteiger partial charge in [0, 0.05) is 13.1 Å². The van der Waals surface area contributed by atoms with Crippen LogP contribution >= 0.6 is 0 Å². The number of ether oxygens (including phenoxy) is 2. The second-order valence-electron chi connectivity index (χ2n) is 6.61. The van der Waals surface area contributed by atoms with E-state index in [1.54, 1.807) is 7.11 Å². The number of nitrogens with one attached hydrogen (secondary N) is 1. The SMILES string of the molecule is COc1cc(CNCc2ccccc2C)ccc1OCc1c(C)noc1C. The fourth-order valence-corrected chi connectivity index (χ4v) is 2.95. The molecular weight excluding hydrogens is 340 g/mol. The van der Waals surface area contributed by atoms with E-state index in [-0.39, 0.29) is 0 Å². The molecule has 27 heavy (non-hydrogen) atoms. The van der Waals surface area contributed by atoms with E-state index < -0.39 is 0 Å². The van der Waals surface area contributed by atoms with Crippen LogP contribution in [0.15, 0.2) is 47.0 Å². The maximum absolute atomic E-state index is 5.93. The van der Waals surface area contributed by atoms with Gasteiger partial charge in [0.1, 0.15) is 12.4 Å². The fourth-order valence-electron chi connectivity index (χ4n) is 2.95. The van der Waals surface area contributed by atoms with Crippen molar-refractivity contribution in [1.82, 2.24) is 10.5 Å². The molecular formula is C22H26N2O3. The van der Waals surface area contributed by atoms with Gasteiger partial charge in [-0.1, -0.05) is 35.5 Å². The van der Waals surface area contributed by atoms with Gasteiger partial charge in [-0.2, -0.15) is 0 Å². The molecule has 0 bridgehead atoms. The number of aromatic nitrogens is 1. The molecule has 0 amide bonds. The molecule has 1 heterocycles. The Morgan fingerprint density at radius 1 is 1.00 bits per heavy atom. The number of hydrogen-bond acceptors (Lipinski definition) is 5. The molecule has 0 atom stereocenters. The number of rotatable bonds is 8. The van der Waals surface area contributed by atoms with Crippen molar-refractivity contribution < 1.29 is 14.0 Å². The van der Waals surface area contributed by atoms with E-state index in [1.165, 1.54) is 11.1 Å². The van der Waals surface area contributed by atoms with Crippen LogP contribution in [0.4, 0.5) is 0 Å². The first kappa shape index (κ1) is 19.0. The summed E-state index contributed by atoms with van der Waals surface area (Å²) in [5, 5.41) is 7.44. The van der Waals surface area contributed by atoms with E-state index in [4.69, 9.17) is 14.0 Å². The molecule has 3 aromatic rings. The van der Waals surface area contributed by atoms with Crippen LogP contribution in [0.3, 0.4) is 0 Å². The van der Waals surface area contributed by atoms with Crippen LogP contribution in [-0.2, 0) is 19.7 Å². The smallest absolute Gasteiger partial charge is 0.161 e. The van der Waals surface area contributed by atoms with E-state index in [0.29, 0.717) is 12.4 Å². The van der Waals surface area contributed by atoms with Crippen molar-refractivity contribution in [3.05, 3.63) is 76.2 Å². The van der Waals surface area contributed by atoms with E-state index >= 15 is 0 Å². The molecule has 0 fully saturated rings. The Kier molecular flexibility index (Phi) is 6.14. The van der Waals surface area contributed by atoms with Gasteiger partial charge in [0.05, 0.1) is 18.4 Å². The Hall–Kier alpha value is -2.79. The Balaban J connectivity index is 1.61. The van der Waals surface area contributed by atoms with Gasteiger partial charge in [0.25, 0.3) is 0 Å². The van der Waals surface area contributed by atoms with Crippen molar-refractivity contribution >= 4 is 0 Å². The topological polar surface area (TPSA) is 56.5 Å². The molecule has 0 radical (unpaired) electrons. The van der Waals surface area contributed by atoms with Crippen molar-refractivity contribution in [2.45, 2.75) is 40.5 Å². The van der Waals surface area contributed by atoms with Crippen molar-refractivity contribution in [3.8, 4) is 11.5 Å². The van der Waals surface area contributed by atoms with Crippen LogP contribution in [0.1, 0.15) is 33.7 Å². The minimum absolute atomic E-state index is 0.405. The number of aryl methyl sites for hydroxylation is 3. The van der Waals surface area contributed by atoms with Crippen molar-refractivity contribution in [3.63, 3.8) is 0 Å². The predicted octanol–water partition coefficient (Wildman–Crippen LogP) is 4.48. The minimum atomic E-state index is 0.405. The Labute approximate surface area is 160 Å². The fraction of sp³-hybridized carbons (Fsp3) is 0.318. The average molecular weight is 366 g/mol. The molecule has 0 aliphatic heterocycles.